The highest BCUT2D eigenvalue weighted by atomic mass is 16.3. The van der Waals surface area contributed by atoms with Gasteiger partial charge in [0.2, 0.25) is 0 Å². The first kappa shape index (κ1) is 16.0. The maximum Gasteiger partial charge on any atom is 0.0494 e. The number of hydrogen-bond donors (Lipinski definition) is 2. The van der Waals surface area contributed by atoms with Crippen molar-refractivity contribution in [1.82, 2.24) is 5.32 Å². The summed E-state index contributed by atoms with van der Waals surface area (Å²) < 4.78 is 0. The van der Waals surface area contributed by atoms with E-state index in [0.717, 1.165) is 12.5 Å². The molecule has 1 fully saturated rings. The van der Waals surface area contributed by atoms with Gasteiger partial charge in [0.25, 0.3) is 0 Å². The fraction of sp³-hybridized carbons (Fsp3) is 1.00. The van der Waals surface area contributed by atoms with E-state index in [4.69, 9.17) is 0 Å². The molecule has 1 aliphatic rings. The Morgan fingerprint density at radius 3 is 2.06 bits per heavy atom. The molecule has 108 valence electrons. The van der Waals surface area contributed by atoms with E-state index in [2.05, 4.69) is 39.9 Å². The topological polar surface area (TPSA) is 32.3 Å². The fourth-order valence-corrected chi connectivity index (χ4v) is 2.84. The molecule has 0 unspecified atom stereocenters. The zero-order valence-corrected chi connectivity index (χ0v) is 13.1. The van der Waals surface area contributed by atoms with E-state index in [1.807, 2.05) is 0 Å². The second-order valence-corrected chi connectivity index (χ2v) is 7.59. The number of hydrogen-bond acceptors (Lipinski definition) is 2. The third-order valence-corrected chi connectivity index (χ3v) is 5.04. The normalized spacial score (nSPS) is 26.3. The van der Waals surface area contributed by atoms with Crippen LogP contribution in [0.25, 0.3) is 0 Å². The molecular weight excluding hydrogens is 222 g/mol. The summed E-state index contributed by atoms with van der Waals surface area (Å²) in [6.45, 7) is 12.6. The summed E-state index contributed by atoms with van der Waals surface area (Å²) in [5.41, 5.74) is 0.523. The van der Waals surface area contributed by atoms with Gasteiger partial charge in [-0.15, -0.1) is 0 Å². The molecule has 2 nitrogen and oxygen atoms in total. The Bertz CT molecular complexity index is 239. The summed E-state index contributed by atoms with van der Waals surface area (Å²) in [5, 5.41) is 12.9. The minimum absolute atomic E-state index is 0.0134. The molecule has 2 heteroatoms. The second-order valence-electron chi connectivity index (χ2n) is 7.59. The number of nitrogens with one attached hydrogen (secondary N) is 1. The van der Waals surface area contributed by atoms with E-state index in [1.54, 1.807) is 0 Å². The molecule has 0 radical (unpaired) electrons. The van der Waals surface area contributed by atoms with Crippen LogP contribution < -0.4 is 5.32 Å². The van der Waals surface area contributed by atoms with Gasteiger partial charge in [-0.1, -0.05) is 41.0 Å². The summed E-state index contributed by atoms with van der Waals surface area (Å²) in [7, 11) is 0. The molecular formula is C16H33NO. The van der Waals surface area contributed by atoms with Gasteiger partial charge < -0.3 is 10.4 Å². The SMILES string of the molecule is CCC(C)(C)C1CCC(NCC(C)(C)CO)CC1. The van der Waals surface area contributed by atoms with Gasteiger partial charge in [-0.2, -0.15) is 0 Å². The molecule has 18 heavy (non-hydrogen) atoms. The predicted molar refractivity (Wildman–Crippen MR) is 78.7 cm³/mol. The zero-order valence-electron chi connectivity index (χ0n) is 13.1. The van der Waals surface area contributed by atoms with E-state index in [1.165, 1.54) is 32.1 Å². The van der Waals surface area contributed by atoms with Crippen molar-refractivity contribution < 1.29 is 5.11 Å². The summed E-state index contributed by atoms with van der Waals surface area (Å²) in [4.78, 5) is 0. The van der Waals surface area contributed by atoms with Crippen LogP contribution in [0.15, 0.2) is 0 Å². The first-order valence-corrected chi connectivity index (χ1v) is 7.65. The van der Waals surface area contributed by atoms with Crippen LogP contribution in [0.1, 0.15) is 66.7 Å². The molecule has 0 spiro atoms. The van der Waals surface area contributed by atoms with Gasteiger partial charge in [0, 0.05) is 24.6 Å². The van der Waals surface area contributed by atoms with Gasteiger partial charge in [-0.05, 0) is 37.0 Å². The molecule has 0 aliphatic heterocycles. The van der Waals surface area contributed by atoms with Gasteiger partial charge in [0.05, 0.1) is 0 Å². The Hall–Kier alpha value is -0.0800. The van der Waals surface area contributed by atoms with Crippen molar-refractivity contribution in [1.29, 1.82) is 0 Å². The fourth-order valence-electron chi connectivity index (χ4n) is 2.84. The Balaban J connectivity index is 2.32. The van der Waals surface area contributed by atoms with Crippen molar-refractivity contribution in [2.24, 2.45) is 16.7 Å². The van der Waals surface area contributed by atoms with Gasteiger partial charge in [0.1, 0.15) is 0 Å². The Morgan fingerprint density at radius 1 is 1.06 bits per heavy atom. The third-order valence-electron chi connectivity index (χ3n) is 5.04. The summed E-state index contributed by atoms with van der Waals surface area (Å²) in [5.74, 6) is 0.895. The molecule has 0 aromatic rings. The van der Waals surface area contributed by atoms with Crippen LogP contribution in [0, 0.1) is 16.7 Å². The Kier molecular flexibility index (Phi) is 5.67. The molecule has 0 aromatic heterocycles. The molecule has 1 aliphatic carbocycles. The zero-order chi connectivity index (χ0) is 13.8. The molecule has 0 saturated heterocycles. The van der Waals surface area contributed by atoms with Crippen LogP contribution >= 0.6 is 0 Å². The monoisotopic (exact) mass is 255 g/mol. The van der Waals surface area contributed by atoms with E-state index in [9.17, 15) is 5.11 Å². The minimum Gasteiger partial charge on any atom is -0.396 e. The van der Waals surface area contributed by atoms with Gasteiger partial charge >= 0.3 is 0 Å². The van der Waals surface area contributed by atoms with Crippen LogP contribution in [-0.4, -0.2) is 24.3 Å². The van der Waals surface area contributed by atoms with Gasteiger partial charge in [-0.25, -0.2) is 0 Å². The van der Waals surface area contributed by atoms with Crippen molar-refractivity contribution in [2.75, 3.05) is 13.2 Å². The van der Waals surface area contributed by atoms with Gasteiger partial charge in [-0.3, -0.25) is 0 Å². The Morgan fingerprint density at radius 2 is 1.61 bits per heavy atom. The molecule has 0 heterocycles. The lowest BCUT2D eigenvalue weighted by Gasteiger charge is -2.39. The molecule has 1 rings (SSSR count). The second kappa shape index (κ2) is 6.38. The quantitative estimate of drug-likeness (QED) is 0.760. The highest BCUT2D eigenvalue weighted by Gasteiger charge is 2.32. The van der Waals surface area contributed by atoms with Crippen LogP contribution in [0.4, 0.5) is 0 Å². The van der Waals surface area contributed by atoms with Crippen molar-refractivity contribution in [3.63, 3.8) is 0 Å². The molecule has 0 bridgehead atoms. The third kappa shape index (κ3) is 4.55. The largest absolute Gasteiger partial charge is 0.396 e. The molecule has 0 atom stereocenters. The molecule has 0 aromatic carbocycles. The Labute approximate surface area is 114 Å². The van der Waals surface area contributed by atoms with Crippen LogP contribution in [0.3, 0.4) is 0 Å². The lowest BCUT2D eigenvalue weighted by Crippen LogP contribution is -2.41. The van der Waals surface area contributed by atoms with Gasteiger partial charge in [0.15, 0.2) is 0 Å². The first-order chi connectivity index (χ1) is 8.30. The number of aliphatic hydroxyl groups excluding tert-OH is 1. The van der Waals surface area contributed by atoms with E-state index < -0.39 is 0 Å². The number of aliphatic hydroxyl groups is 1. The van der Waals surface area contributed by atoms with Crippen LogP contribution in [0.5, 0.6) is 0 Å². The number of rotatable bonds is 6. The summed E-state index contributed by atoms with van der Waals surface area (Å²) in [6.07, 6.45) is 6.61. The average molecular weight is 255 g/mol. The lowest BCUT2D eigenvalue weighted by molar-refractivity contribution is 0.121. The molecule has 1 saturated carbocycles. The standard InChI is InChI=1S/C16H33NO/c1-6-16(4,5)13-7-9-14(10-8-13)17-11-15(2,3)12-18/h13-14,17-18H,6-12H2,1-5H3. The van der Waals surface area contributed by atoms with E-state index >= 15 is 0 Å². The summed E-state index contributed by atoms with van der Waals surface area (Å²) in [6, 6.07) is 0.666. The van der Waals surface area contributed by atoms with Crippen LogP contribution in [-0.2, 0) is 0 Å². The van der Waals surface area contributed by atoms with Crippen molar-refractivity contribution in [3.8, 4) is 0 Å². The van der Waals surface area contributed by atoms with Crippen molar-refractivity contribution in [2.45, 2.75) is 72.8 Å². The predicted octanol–water partition coefficient (Wildman–Crippen LogP) is 3.59. The van der Waals surface area contributed by atoms with E-state index in [-0.39, 0.29) is 12.0 Å². The van der Waals surface area contributed by atoms with Crippen molar-refractivity contribution >= 4 is 0 Å². The first-order valence-electron chi connectivity index (χ1n) is 7.65. The molecule has 0 amide bonds. The smallest absolute Gasteiger partial charge is 0.0494 e. The minimum atomic E-state index is 0.0134. The average Bonchev–Trinajstić information content (AvgIpc) is 2.37. The molecule has 2 N–H and O–H groups in total. The van der Waals surface area contributed by atoms with Crippen LogP contribution in [0.2, 0.25) is 0 Å². The summed E-state index contributed by atoms with van der Waals surface area (Å²) >= 11 is 0. The highest BCUT2D eigenvalue weighted by molar-refractivity contribution is 4.85. The lowest BCUT2D eigenvalue weighted by atomic mass is 9.69. The highest BCUT2D eigenvalue weighted by Crippen LogP contribution is 2.40. The van der Waals surface area contributed by atoms with Crippen molar-refractivity contribution in [3.05, 3.63) is 0 Å². The maximum absolute atomic E-state index is 9.26. The van der Waals surface area contributed by atoms with E-state index in [0.29, 0.717) is 11.5 Å². The maximum atomic E-state index is 9.26.